The number of rotatable bonds is 7. The third kappa shape index (κ3) is 8.43. The standard InChI is InChI=1S/C27H30FNO2.C3H4.C2H6/c1-4-5-6-19-7-9-20(10-8-19)21-11-12-22(25(28)16-21)17-29-24-13-14-26-23(15-24)18-30-27(2,3)31-26;1-3-2;1-2/h7-16,29H,4-6,17-18H2,1-3H3;1H,2H3;1-2H3. The Morgan fingerprint density at radius 2 is 1.67 bits per heavy atom. The molecule has 0 aromatic heterocycles. The number of halogens is 1. The van der Waals surface area contributed by atoms with Gasteiger partial charge in [-0.3, -0.25) is 0 Å². The van der Waals surface area contributed by atoms with Crippen LogP contribution in [0.15, 0.2) is 60.7 Å². The van der Waals surface area contributed by atoms with Gasteiger partial charge < -0.3 is 14.8 Å². The van der Waals surface area contributed by atoms with E-state index < -0.39 is 5.79 Å². The SMILES string of the molecule is C#CC.CC.CCCCc1ccc(-c2ccc(CNc3ccc4c(c3)COC(C)(C)O4)c(F)c2)cc1. The lowest BCUT2D eigenvalue weighted by molar-refractivity contribution is -0.180. The number of hydrogen-bond donors (Lipinski definition) is 1. The molecule has 4 rings (SSSR count). The zero-order valence-electron chi connectivity index (χ0n) is 22.6. The van der Waals surface area contributed by atoms with Gasteiger partial charge in [0, 0.05) is 37.2 Å². The van der Waals surface area contributed by atoms with E-state index in [-0.39, 0.29) is 5.82 Å². The normalized spacial score (nSPS) is 12.9. The van der Waals surface area contributed by atoms with Crippen LogP contribution in [-0.4, -0.2) is 5.79 Å². The van der Waals surface area contributed by atoms with Gasteiger partial charge in [-0.2, -0.15) is 0 Å². The van der Waals surface area contributed by atoms with Gasteiger partial charge in [0.05, 0.1) is 6.61 Å². The van der Waals surface area contributed by atoms with Crippen LogP contribution in [0.2, 0.25) is 0 Å². The number of ether oxygens (including phenoxy) is 2. The van der Waals surface area contributed by atoms with Crippen LogP contribution >= 0.6 is 0 Å². The Morgan fingerprint density at radius 1 is 1.00 bits per heavy atom. The van der Waals surface area contributed by atoms with Crippen LogP contribution in [0.3, 0.4) is 0 Å². The summed E-state index contributed by atoms with van der Waals surface area (Å²) in [6, 6.07) is 19.8. The molecule has 0 unspecified atom stereocenters. The van der Waals surface area contributed by atoms with Crippen LogP contribution in [0.1, 0.15) is 71.1 Å². The first-order chi connectivity index (χ1) is 17.3. The molecule has 0 fully saturated rings. The molecule has 36 heavy (non-hydrogen) atoms. The maximum absolute atomic E-state index is 14.8. The van der Waals surface area contributed by atoms with Gasteiger partial charge in [0.15, 0.2) is 0 Å². The number of nitrogens with one attached hydrogen (secondary N) is 1. The van der Waals surface area contributed by atoms with Crippen molar-refractivity contribution in [2.75, 3.05) is 5.32 Å². The summed E-state index contributed by atoms with van der Waals surface area (Å²) >= 11 is 0. The summed E-state index contributed by atoms with van der Waals surface area (Å²) in [5, 5.41) is 3.31. The summed E-state index contributed by atoms with van der Waals surface area (Å²) in [6.45, 7) is 12.6. The second kappa shape index (κ2) is 14.3. The fraction of sp³-hybridized carbons (Fsp3) is 0.375. The monoisotopic (exact) mass is 489 g/mol. The molecule has 3 aromatic rings. The first-order valence-corrected chi connectivity index (χ1v) is 12.8. The Kier molecular flexibility index (Phi) is 11.5. The molecule has 3 nitrogen and oxygen atoms in total. The van der Waals surface area contributed by atoms with E-state index in [0.29, 0.717) is 18.7 Å². The molecule has 0 amide bonds. The smallest absolute Gasteiger partial charge is 0.205 e. The van der Waals surface area contributed by atoms with Crippen molar-refractivity contribution in [3.05, 3.63) is 83.2 Å². The van der Waals surface area contributed by atoms with Gasteiger partial charge in [0.2, 0.25) is 5.79 Å². The van der Waals surface area contributed by atoms with Crippen molar-refractivity contribution in [3.63, 3.8) is 0 Å². The van der Waals surface area contributed by atoms with Crippen molar-refractivity contribution in [3.8, 4) is 29.2 Å². The maximum Gasteiger partial charge on any atom is 0.205 e. The topological polar surface area (TPSA) is 30.5 Å². The Balaban J connectivity index is 0.000000850. The van der Waals surface area contributed by atoms with Crippen LogP contribution in [0.5, 0.6) is 5.75 Å². The number of fused-ring (bicyclic) bond motifs is 1. The minimum absolute atomic E-state index is 0.202. The number of unbranched alkanes of at least 4 members (excludes halogenated alkanes) is 1. The Hall–Kier alpha value is -3.29. The average Bonchev–Trinajstić information content (AvgIpc) is 2.88. The lowest BCUT2D eigenvalue weighted by Gasteiger charge is -2.32. The van der Waals surface area contributed by atoms with Crippen LogP contribution in [0.25, 0.3) is 11.1 Å². The highest BCUT2D eigenvalue weighted by Crippen LogP contribution is 2.33. The van der Waals surface area contributed by atoms with Crippen LogP contribution < -0.4 is 10.1 Å². The quantitative estimate of drug-likeness (QED) is 0.337. The number of terminal acetylenes is 1. The zero-order chi connectivity index (χ0) is 26.6. The fourth-order valence-electron chi connectivity index (χ4n) is 3.76. The molecule has 1 N–H and O–H groups in total. The largest absolute Gasteiger partial charge is 0.463 e. The molecule has 1 heterocycles. The van der Waals surface area contributed by atoms with Crippen molar-refractivity contribution >= 4 is 5.69 Å². The summed E-state index contributed by atoms with van der Waals surface area (Å²) in [5.74, 6) is 2.27. The minimum Gasteiger partial charge on any atom is -0.463 e. The number of aryl methyl sites for hydroxylation is 1. The maximum atomic E-state index is 14.8. The van der Waals surface area contributed by atoms with E-state index in [1.54, 1.807) is 13.0 Å². The van der Waals surface area contributed by atoms with Gasteiger partial charge >= 0.3 is 0 Å². The van der Waals surface area contributed by atoms with E-state index in [9.17, 15) is 4.39 Å². The fourth-order valence-corrected chi connectivity index (χ4v) is 3.76. The summed E-state index contributed by atoms with van der Waals surface area (Å²) in [4.78, 5) is 0. The van der Waals surface area contributed by atoms with Gasteiger partial charge in [-0.05, 0) is 60.7 Å². The Morgan fingerprint density at radius 3 is 2.31 bits per heavy atom. The molecule has 1 aliphatic rings. The van der Waals surface area contributed by atoms with Gasteiger partial charge in [0.1, 0.15) is 11.6 Å². The van der Waals surface area contributed by atoms with Gasteiger partial charge in [-0.25, -0.2) is 4.39 Å². The highest BCUT2D eigenvalue weighted by atomic mass is 19.1. The zero-order valence-corrected chi connectivity index (χ0v) is 22.6. The molecule has 4 heteroatoms. The highest BCUT2D eigenvalue weighted by molar-refractivity contribution is 5.64. The molecule has 0 atom stereocenters. The van der Waals surface area contributed by atoms with Crippen molar-refractivity contribution in [2.45, 2.75) is 79.7 Å². The highest BCUT2D eigenvalue weighted by Gasteiger charge is 2.27. The second-order valence-corrected chi connectivity index (χ2v) is 8.86. The van der Waals surface area contributed by atoms with Crippen molar-refractivity contribution in [1.29, 1.82) is 0 Å². The first-order valence-electron chi connectivity index (χ1n) is 12.8. The van der Waals surface area contributed by atoms with Crippen molar-refractivity contribution in [1.82, 2.24) is 0 Å². The molecule has 0 spiro atoms. The molecule has 0 bridgehead atoms. The first kappa shape index (κ1) is 28.9. The average molecular weight is 490 g/mol. The van der Waals surface area contributed by atoms with Gasteiger partial charge in [0.25, 0.3) is 0 Å². The van der Waals surface area contributed by atoms with Crippen molar-refractivity contribution < 1.29 is 13.9 Å². The minimum atomic E-state index is -0.608. The van der Waals surface area contributed by atoms with Gasteiger partial charge in [-0.1, -0.05) is 63.6 Å². The van der Waals surface area contributed by atoms with Gasteiger partial charge in [-0.15, -0.1) is 12.3 Å². The number of benzene rings is 3. The van der Waals surface area contributed by atoms with Crippen LogP contribution in [-0.2, 0) is 24.3 Å². The Bertz CT molecular complexity index is 1130. The molecule has 1 aliphatic heterocycles. The molecule has 0 radical (unpaired) electrons. The lowest BCUT2D eigenvalue weighted by atomic mass is 10.0. The predicted molar refractivity (Wildman–Crippen MR) is 150 cm³/mol. The third-order valence-electron chi connectivity index (χ3n) is 5.63. The van der Waals surface area contributed by atoms with E-state index in [2.05, 4.69) is 48.8 Å². The van der Waals surface area contributed by atoms with E-state index in [4.69, 9.17) is 9.47 Å². The summed E-state index contributed by atoms with van der Waals surface area (Å²) < 4.78 is 26.3. The summed E-state index contributed by atoms with van der Waals surface area (Å²) in [7, 11) is 0. The molecule has 0 saturated carbocycles. The number of anilines is 1. The van der Waals surface area contributed by atoms with E-state index in [1.165, 1.54) is 18.4 Å². The number of hydrogen-bond acceptors (Lipinski definition) is 3. The summed E-state index contributed by atoms with van der Waals surface area (Å²) in [5.41, 5.74) is 5.80. The van der Waals surface area contributed by atoms with Crippen molar-refractivity contribution in [2.24, 2.45) is 0 Å². The lowest BCUT2D eigenvalue weighted by Crippen LogP contribution is -2.35. The predicted octanol–water partition coefficient (Wildman–Crippen LogP) is 8.76. The van der Waals surface area contributed by atoms with E-state index in [0.717, 1.165) is 34.5 Å². The van der Waals surface area contributed by atoms with Crippen LogP contribution in [0.4, 0.5) is 10.1 Å². The molecule has 0 aliphatic carbocycles. The third-order valence-corrected chi connectivity index (χ3v) is 5.63. The molecule has 0 saturated heterocycles. The summed E-state index contributed by atoms with van der Waals surface area (Å²) in [6.07, 6.45) is 8.07. The van der Waals surface area contributed by atoms with Crippen LogP contribution in [0, 0.1) is 18.2 Å². The van der Waals surface area contributed by atoms with E-state index in [1.807, 2.05) is 58.0 Å². The van der Waals surface area contributed by atoms with E-state index >= 15 is 0 Å². The molecule has 3 aromatic carbocycles. The second-order valence-electron chi connectivity index (χ2n) is 8.86. The Labute approximate surface area is 217 Å². The molecule has 192 valence electrons. The molecular weight excluding hydrogens is 449 g/mol. The molecular formula is C32H40FNO2.